The van der Waals surface area contributed by atoms with Crippen LogP contribution in [0, 0.1) is 11.8 Å². The second kappa shape index (κ2) is 2.48. The molecule has 0 spiro atoms. The fourth-order valence-corrected chi connectivity index (χ4v) is 2.36. The molecule has 3 heteroatoms. The minimum atomic E-state index is -0.148. The van der Waals surface area contributed by atoms with Crippen molar-refractivity contribution >= 4 is 6.41 Å². The van der Waals surface area contributed by atoms with Crippen molar-refractivity contribution in [3.05, 3.63) is 0 Å². The molecule has 3 nitrogen and oxygen atoms in total. The first kappa shape index (κ1) is 7.10. The van der Waals surface area contributed by atoms with Crippen molar-refractivity contribution < 1.29 is 9.90 Å². The lowest BCUT2D eigenvalue weighted by molar-refractivity contribution is -0.117. The molecule has 3 unspecified atom stereocenters. The summed E-state index contributed by atoms with van der Waals surface area (Å²) in [6, 6.07) is 0. The summed E-state index contributed by atoms with van der Waals surface area (Å²) in [6.45, 7) is 1.64. The van der Waals surface area contributed by atoms with Crippen molar-refractivity contribution in [2.45, 2.75) is 18.9 Å². The number of rotatable bonds is 1. The van der Waals surface area contributed by atoms with Gasteiger partial charge in [-0.05, 0) is 18.8 Å². The number of amides is 1. The van der Waals surface area contributed by atoms with Gasteiger partial charge in [-0.1, -0.05) is 0 Å². The Labute approximate surface area is 66.0 Å². The van der Waals surface area contributed by atoms with Gasteiger partial charge in [-0.15, -0.1) is 0 Å². The van der Waals surface area contributed by atoms with E-state index in [0.717, 1.165) is 32.3 Å². The van der Waals surface area contributed by atoms with E-state index in [2.05, 4.69) is 0 Å². The third-order valence-electron chi connectivity index (χ3n) is 3.00. The lowest BCUT2D eigenvalue weighted by Gasteiger charge is -2.12. The second-order valence-corrected chi connectivity index (χ2v) is 3.63. The van der Waals surface area contributed by atoms with Crippen LogP contribution in [0.1, 0.15) is 12.8 Å². The minimum Gasteiger partial charge on any atom is -0.393 e. The average molecular weight is 155 g/mol. The van der Waals surface area contributed by atoms with E-state index in [4.69, 9.17) is 0 Å². The van der Waals surface area contributed by atoms with Crippen LogP contribution < -0.4 is 0 Å². The standard InChI is InChI=1S/C8H13NO2/c10-5-9-3-6-1-2-8(11)7(6)4-9/h5-8,11H,1-4H2. The summed E-state index contributed by atoms with van der Waals surface area (Å²) in [6.07, 6.45) is 2.77. The highest BCUT2D eigenvalue weighted by Gasteiger charge is 2.41. The van der Waals surface area contributed by atoms with E-state index in [1.54, 1.807) is 4.90 Å². The molecule has 1 saturated carbocycles. The third-order valence-corrected chi connectivity index (χ3v) is 3.00. The zero-order chi connectivity index (χ0) is 7.84. The van der Waals surface area contributed by atoms with Crippen LogP contribution in [0.2, 0.25) is 0 Å². The van der Waals surface area contributed by atoms with Crippen LogP contribution in [-0.4, -0.2) is 35.6 Å². The highest BCUT2D eigenvalue weighted by atomic mass is 16.3. The first-order valence-corrected chi connectivity index (χ1v) is 4.18. The molecule has 1 aliphatic carbocycles. The molecule has 1 heterocycles. The van der Waals surface area contributed by atoms with Gasteiger partial charge in [-0.3, -0.25) is 4.79 Å². The molecule has 2 fully saturated rings. The fraction of sp³-hybridized carbons (Fsp3) is 0.875. The zero-order valence-electron chi connectivity index (χ0n) is 6.44. The molecule has 0 radical (unpaired) electrons. The maximum absolute atomic E-state index is 10.4. The van der Waals surface area contributed by atoms with Crippen molar-refractivity contribution in [2.24, 2.45) is 11.8 Å². The van der Waals surface area contributed by atoms with Gasteiger partial charge in [0.2, 0.25) is 6.41 Å². The van der Waals surface area contributed by atoms with E-state index in [0.29, 0.717) is 11.8 Å². The first-order valence-electron chi connectivity index (χ1n) is 4.18. The number of carbonyl (C=O) groups excluding carboxylic acids is 1. The summed E-state index contributed by atoms with van der Waals surface area (Å²) < 4.78 is 0. The third kappa shape index (κ3) is 1.03. The number of aliphatic hydroxyl groups is 1. The monoisotopic (exact) mass is 155 g/mol. The molecule has 1 N–H and O–H groups in total. The smallest absolute Gasteiger partial charge is 0.209 e. The average Bonchev–Trinajstić information content (AvgIpc) is 2.53. The summed E-state index contributed by atoms with van der Waals surface area (Å²) in [4.78, 5) is 12.2. The van der Waals surface area contributed by atoms with Crippen molar-refractivity contribution in [3.63, 3.8) is 0 Å². The molecule has 62 valence electrons. The van der Waals surface area contributed by atoms with Crippen LogP contribution in [0.4, 0.5) is 0 Å². The highest BCUT2D eigenvalue weighted by molar-refractivity contribution is 5.47. The Bertz CT molecular complexity index is 171. The SMILES string of the molecule is O=CN1CC2CCC(O)C2C1. The number of carbonyl (C=O) groups is 1. The summed E-state index contributed by atoms with van der Waals surface area (Å²) in [5.74, 6) is 0.954. The van der Waals surface area contributed by atoms with Crippen LogP contribution in [0.3, 0.4) is 0 Å². The van der Waals surface area contributed by atoms with E-state index < -0.39 is 0 Å². The van der Waals surface area contributed by atoms with Gasteiger partial charge in [-0.2, -0.15) is 0 Å². The van der Waals surface area contributed by atoms with Gasteiger partial charge in [0.15, 0.2) is 0 Å². The van der Waals surface area contributed by atoms with Gasteiger partial charge in [0.05, 0.1) is 6.10 Å². The zero-order valence-corrected chi connectivity index (χ0v) is 6.44. The lowest BCUT2D eigenvalue weighted by Crippen LogP contribution is -2.23. The molecule has 3 atom stereocenters. The fourth-order valence-electron chi connectivity index (χ4n) is 2.36. The lowest BCUT2D eigenvalue weighted by atomic mass is 10.00. The predicted molar refractivity (Wildman–Crippen MR) is 39.9 cm³/mol. The van der Waals surface area contributed by atoms with Crippen LogP contribution in [0.15, 0.2) is 0 Å². The molecule has 2 aliphatic rings. The second-order valence-electron chi connectivity index (χ2n) is 3.63. The Balaban J connectivity index is 2.03. The number of hydrogen-bond acceptors (Lipinski definition) is 2. The molecule has 0 bridgehead atoms. The molecular weight excluding hydrogens is 142 g/mol. The summed E-state index contributed by atoms with van der Waals surface area (Å²) in [5.41, 5.74) is 0. The van der Waals surface area contributed by atoms with E-state index in [9.17, 15) is 9.90 Å². The quantitative estimate of drug-likeness (QED) is 0.535. The molecule has 0 aromatic heterocycles. The minimum absolute atomic E-state index is 0.148. The normalized spacial score (nSPS) is 42.6. The summed E-state index contributed by atoms with van der Waals surface area (Å²) >= 11 is 0. The van der Waals surface area contributed by atoms with Gasteiger partial charge in [-0.25, -0.2) is 0 Å². The van der Waals surface area contributed by atoms with Crippen LogP contribution >= 0.6 is 0 Å². The van der Waals surface area contributed by atoms with Crippen molar-refractivity contribution in [1.82, 2.24) is 4.90 Å². The largest absolute Gasteiger partial charge is 0.393 e. The maximum atomic E-state index is 10.4. The highest BCUT2D eigenvalue weighted by Crippen LogP contribution is 2.37. The van der Waals surface area contributed by atoms with E-state index in [1.165, 1.54) is 0 Å². The number of hydrogen-bond donors (Lipinski definition) is 1. The van der Waals surface area contributed by atoms with E-state index >= 15 is 0 Å². The van der Waals surface area contributed by atoms with Crippen molar-refractivity contribution in [1.29, 1.82) is 0 Å². The van der Waals surface area contributed by atoms with Gasteiger partial charge in [0, 0.05) is 19.0 Å². The van der Waals surface area contributed by atoms with Crippen LogP contribution in [0.25, 0.3) is 0 Å². The van der Waals surface area contributed by atoms with Gasteiger partial charge < -0.3 is 10.0 Å². The van der Waals surface area contributed by atoms with Gasteiger partial charge in [0.25, 0.3) is 0 Å². The van der Waals surface area contributed by atoms with Crippen molar-refractivity contribution in [2.75, 3.05) is 13.1 Å². The summed E-state index contributed by atoms with van der Waals surface area (Å²) in [7, 11) is 0. The maximum Gasteiger partial charge on any atom is 0.209 e. The van der Waals surface area contributed by atoms with Crippen molar-refractivity contribution in [3.8, 4) is 0 Å². The topological polar surface area (TPSA) is 40.5 Å². The first-order chi connectivity index (χ1) is 5.31. The number of nitrogens with zero attached hydrogens (tertiary/aromatic N) is 1. The number of aliphatic hydroxyl groups excluding tert-OH is 1. The van der Waals surface area contributed by atoms with E-state index in [-0.39, 0.29) is 6.10 Å². The predicted octanol–water partition coefficient (Wildman–Crippen LogP) is -0.155. The Morgan fingerprint density at radius 2 is 2.18 bits per heavy atom. The Morgan fingerprint density at radius 1 is 1.36 bits per heavy atom. The molecule has 2 rings (SSSR count). The van der Waals surface area contributed by atoms with Crippen LogP contribution in [0.5, 0.6) is 0 Å². The van der Waals surface area contributed by atoms with Crippen LogP contribution in [-0.2, 0) is 4.79 Å². The molecular formula is C8H13NO2. The molecule has 1 aliphatic heterocycles. The molecule has 1 amide bonds. The van der Waals surface area contributed by atoms with Gasteiger partial charge >= 0.3 is 0 Å². The number of likely N-dealkylation sites (tertiary alicyclic amines) is 1. The molecule has 0 aromatic rings. The summed E-state index contributed by atoms with van der Waals surface area (Å²) in [5, 5.41) is 9.47. The molecule has 0 aromatic carbocycles. The Kier molecular flexibility index (Phi) is 1.60. The Morgan fingerprint density at radius 3 is 2.82 bits per heavy atom. The number of fused-ring (bicyclic) bond motifs is 1. The Hall–Kier alpha value is -0.570. The van der Waals surface area contributed by atoms with Gasteiger partial charge in [0.1, 0.15) is 0 Å². The molecule has 11 heavy (non-hydrogen) atoms. The van der Waals surface area contributed by atoms with E-state index in [1.807, 2.05) is 0 Å². The molecule has 1 saturated heterocycles.